The number of nitrogens with one attached hydrogen (secondary N) is 1. The lowest BCUT2D eigenvalue weighted by atomic mass is 10.2. The van der Waals surface area contributed by atoms with Gasteiger partial charge in [0.25, 0.3) is 5.91 Å². The fraction of sp³-hybridized carbons (Fsp3) is 0.0588. The lowest BCUT2D eigenvalue weighted by Gasteiger charge is -2.03. The Morgan fingerprint density at radius 1 is 1.12 bits per heavy atom. The van der Waals surface area contributed by atoms with Crippen LogP contribution in [0.2, 0.25) is 0 Å². The van der Waals surface area contributed by atoms with Crippen molar-refractivity contribution in [3.8, 4) is 17.1 Å². The van der Waals surface area contributed by atoms with Gasteiger partial charge in [0.1, 0.15) is 5.75 Å². The maximum Gasteiger partial charge on any atom is 0.257 e. The number of fused-ring (bicyclic) bond motifs is 1. The molecule has 4 rings (SSSR count). The van der Waals surface area contributed by atoms with Crippen molar-refractivity contribution >= 4 is 27.3 Å². The highest BCUT2D eigenvalue weighted by Gasteiger charge is 2.15. The molecular weight excluding hydrogens is 338 g/mol. The molecule has 0 aliphatic rings. The molecule has 0 saturated heterocycles. The zero-order valence-electron chi connectivity index (χ0n) is 13.2. The number of aromatic nitrogens is 4. The van der Waals surface area contributed by atoms with E-state index in [0.717, 1.165) is 5.56 Å². The summed E-state index contributed by atoms with van der Waals surface area (Å²) >= 11 is 1.26. The topological polar surface area (TPSA) is 81.4 Å². The van der Waals surface area contributed by atoms with E-state index in [2.05, 4.69) is 20.6 Å². The minimum Gasteiger partial charge on any atom is -0.497 e. The van der Waals surface area contributed by atoms with Crippen LogP contribution in [0, 0.1) is 0 Å². The molecule has 8 heteroatoms. The van der Waals surface area contributed by atoms with E-state index < -0.39 is 0 Å². The molecule has 124 valence electrons. The molecule has 0 bridgehead atoms. The molecule has 7 nitrogen and oxygen atoms in total. The van der Waals surface area contributed by atoms with Crippen LogP contribution in [0.15, 0.2) is 54.6 Å². The fourth-order valence-corrected chi connectivity index (χ4v) is 3.10. The highest BCUT2D eigenvalue weighted by atomic mass is 32.1. The summed E-state index contributed by atoms with van der Waals surface area (Å²) in [5, 5.41) is 15.9. The smallest absolute Gasteiger partial charge is 0.257 e. The zero-order valence-corrected chi connectivity index (χ0v) is 14.0. The Labute approximate surface area is 146 Å². The van der Waals surface area contributed by atoms with Crippen molar-refractivity contribution in [2.45, 2.75) is 0 Å². The Morgan fingerprint density at radius 3 is 2.76 bits per heavy atom. The predicted molar refractivity (Wildman–Crippen MR) is 95.0 cm³/mol. The van der Waals surface area contributed by atoms with E-state index in [4.69, 9.17) is 4.74 Å². The van der Waals surface area contributed by atoms with Gasteiger partial charge in [-0.25, -0.2) is 0 Å². The largest absolute Gasteiger partial charge is 0.497 e. The summed E-state index contributed by atoms with van der Waals surface area (Å²) in [5.41, 5.74) is 1.40. The Hall–Kier alpha value is -3.26. The average molecular weight is 351 g/mol. The van der Waals surface area contributed by atoms with E-state index in [-0.39, 0.29) is 5.91 Å². The first-order valence-corrected chi connectivity index (χ1v) is 8.29. The van der Waals surface area contributed by atoms with E-state index in [1.54, 1.807) is 35.9 Å². The molecule has 0 unspecified atom stereocenters. The second-order valence-electron chi connectivity index (χ2n) is 5.18. The van der Waals surface area contributed by atoms with Crippen molar-refractivity contribution in [3.63, 3.8) is 0 Å². The van der Waals surface area contributed by atoms with Gasteiger partial charge in [-0.15, -0.1) is 15.3 Å². The first-order valence-electron chi connectivity index (χ1n) is 7.47. The molecule has 0 spiro atoms. The van der Waals surface area contributed by atoms with Crippen molar-refractivity contribution in [2.75, 3.05) is 12.4 Å². The number of carbonyl (C=O) groups excluding carboxylic acids is 1. The second kappa shape index (κ2) is 6.33. The Balaban J connectivity index is 1.62. The monoisotopic (exact) mass is 351 g/mol. The zero-order chi connectivity index (χ0) is 17.2. The molecule has 1 N–H and O–H groups in total. The highest BCUT2D eigenvalue weighted by molar-refractivity contribution is 7.20. The van der Waals surface area contributed by atoms with Gasteiger partial charge in [0.05, 0.1) is 7.11 Å². The van der Waals surface area contributed by atoms with Crippen LogP contribution in [0.1, 0.15) is 10.4 Å². The van der Waals surface area contributed by atoms with Gasteiger partial charge in [-0.2, -0.15) is 4.52 Å². The molecule has 0 fully saturated rings. The summed E-state index contributed by atoms with van der Waals surface area (Å²) in [6.45, 7) is 0. The summed E-state index contributed by atoms with van der Waals surface area (Å²) < 4.78 is 6.77. The van der Waals surface area contributed by atoms with E-state index in [9.17, 15) is 4.79 Å². The Kier molecular flexibility index (Phi) is 3.87. The average Bonchev–Trinajstić information content (AvgIpc) is 3.22. The van der Waals surface area contributed by atoms with Gasteiger partial charge in [-0.3, -0.25) is 10.1 Å². The van der Waals surface area contributed by atoms with Crippen molar-refractivity contribution in [1.29, 1.82) is 0 Å². The third-order valence-electron chi connectivity index (χ3n) is 3.58. The summed E-state index contributed by atoms with van der Waals surface area (Å²) in [7, 11) is 1.56. The summed E-state index contributed by atoms with van der Waals surface area (Å²) in [6, 6.07) is 16.6. The van der Waals surface area contributed by atoms with Crippen LogP contribution in [-0.2, 0) is 0 Å². The van der Waals surface area contributed by atoms with Crippen LogP contribution in [0.3, 0.4) is 0 Å². The molecule has 2 aromatic heterocycles. The van der Waals surface area contributed by atoms with E-state index in [0.29, 0.717) is 27.2 Å². The van der Waals surface area contributed by atoms with Gasteiger partial charge in [0.15, 0.2) is 5.82 Å². The maximum absolute atomic E-state index is 12.4. The quantitative estimate of drug-likeness (QED) is 0.611. The number of hydrogen-bond acceptors (Lipinski definition) is 6. The van der Waals surface area contributed by atoms with Crippen LogP contribution < -0.4 is 10.1 Å². The molecule has 2 aromatic carbocycles. The van der Waals surface area contributed by atoms with E-state index >= 15 is 0 Å². The molecule has 1 amide bonds. The minimum atomic E-state index is -0.259. The van der Waals surface area contributed by atoms with Crippen molar-refractivity contribution < 1.29 is 9.53 Å². The van der Waals surface area contributed by atoms with Gasteiger partial charge in [-0.05, 0) is 18.2 Å². The molecule has 2 heterocycles. The summed E-state index contributed by atoms with van der Waals surface area (Å²) in [6.07, 6.45) is 0. The molecular formula is C17H13N5O2S. The number of rotatable bonds is 4. The van der Waals surface area contributed by atoms with Gasteiger partial charge < -0.3 is 4.74 Å². The van der Waals surface area contributed by atoms with Crippen LogP contribution in [0.5, 0.6) is 5.75 Å². The highest BCUT2D eigenvalue weighted by Crippen LogP contribution is 2.24. The predicted octanol–water partition coefficient (Wildman–Crippen LogP) is 3.11. The molecule has 4 aromatic rings. The van der Waals surface area contributed by atoms with Crippen molar-refractivity contribution in [3.05, 3.63) is 60.2 Å². The SMILES string of the molecule is COc1cccc(C(=O)Nc2nn3c(-c4ccccc4)nnc3s2)c1. The number of nitrogens with zero attached hydrogens (tertiary/aromatic N) is 4. The number of hydrogen-bond donors (Lipinski definition) is 1. The van der Waals surface area contributed by atoms with Gasteiger partial charge in [0.2, 0.25) is 10.1 Å². The number of anilines is 1. The third-order valence-corrected chi connectivity index (χ3v) is 4.39. The van der Waals surface area contributed by atoms with Crippen molar-refractivity contribution in [1.82, 2.24) is 19.8 Å². The summed E-state index contributed by atoms with van der Waals surface area (Å²) in [4.78, 5) is 13.0. The molecule has 25 heavy (non-hydrogen) atoms. The number of benzene rings is 2. The lowest BCUT2D eigenvalue weighted by Crippen LogP contribution is -2.12. The van der Waals surface area contributed by atoms with Crippen molar-refractivity contribution in [2.24, 2.45) is 0 Å². The van der Waals surface area contributed by atoms with Gasteiger partial charge >= 0.3 is 0 Å². The second-order valence-corrected chi connectivity index (χ2v) is 6.13. The van der Waals surface area contributed by atoms with E-state index in [1.807, 2.05) is 30.3 Å². The van der Waals surface area contributed by atoms with Gasteiger partial charge in [-0.1, -0.05) is 47.7 Å². The molecule has 0 radical (unpaired) electrons. The fourth-order valence-electron chi connectivity index (χ4n) is 2.37. The maximum atomic E-state index is 12.4. The molecule has 0 saturated carbocycles. The number of ether oxygens (including phenoxy) is 1. The van der Waals surface area contributed by atoms with Crippen LogP contribution in [0.25, 0.3) is 16.3 Å². The molecule has 0 aliphatic heterocycles. The first-order chi connectivity index (χ1) is 12.2. The number of methoxy groups -OCH3 is 1. The standard InChI is InChI=1S/C17H13N5O2S/c1-24-13-9-5-8-12(10-13)15(23)18-16-21-22-14(19-20-17(22)25-16)11-6-3-2-4-7-11/h2-10H,1H3,(H,18,21,23). The summed E-state index contributed by atoms with van der Waals surface area (Å²) in [5.74, 6) is 0.996. The number of amides is 1. The third kappa shape index (κ3) is 2.94. The Morgan fingerprint density at radius 2 is 1.96 bits per heavy atom. The van der Waals surface area contributed by atoms with Gasteiger partial charge in [0, 0.05) is 11.1 Å². The number of carbonyl (C=O) groups is 1. The minimum absolute atomic E-state index is 0.259. The van der Waals surface area contributed by atoms with Crippen LogP contribution >= 0.6 is 11.3 Å². The first kappa shape index (κ1) is 15.3. The van der Waals surface area contributed by atoms with Crippen LogP contribution in [-0.4, -0.2) is 32.8 Å². The molecule has 0 atom stereocenters. The Bertz CT molecular complexity index is 1040. The lowest BCUT2D eigenvalue weighted by molar-refractivity contribution is 0.102. The molecule has 0 aliphatic carbocycles. The van der Waals surface area contributed by atoms with E-state index in [1.165, 1.54) is 11.3 Å². The normalized spacial score (nSPS) is 10.8. The van der Waals surface area contributed by atoms with Crippen LogP contribution in [0.4, 0.5) is 5.13 Å².